The minimum Gasteiger partial charge on any atom is -0.497 e. The lowest BCUT2D eigenvalue weighted by molar-refractivity contribution is 0.414. The molecule has 4 nitrogen and oxygen atoms in total. The van der Waals surface area contributed by atoms with Gasteiger partial charge in [0.2, 0.25) is 0 Å². The number of para-hydroxylation sites is 1. The van der Waals surface area contributed by atoms with Crippen molar-refractivity contribution >= 4 is 17.1 Å². The zero-order valence-corrected chi connectivity index (χ0v) is 10.3. The van der Waals surface area contributed by atoms with Gasteiger partial charge in [0.15, 0.2) is 0 Å². The summed E-state index contributed by atoms with van der Waals surface area (Å²) < 4.78 is 18.7. The molecule has 2 rings (SSSR count). The molecule has 19 heavy (non-hydrogen) atoms. The molecule has 0 aliphatic rings. The van der Waals surface area contributed by atoms with Gasteiger partial charge in [-0.15, -0.1) is 0 Å². The van der Waals surface area contributed by atoms with Gasteiger partial charge < -0.3 is 15.8 Å². The molecule has 0 aliphatic heterocycles. The van der Waals surface area contributed by atoms with Crippen molar-refractivity contribution in [1.29, 1.82) is 5.26 Å². The first-order chi connectivity index (χ1) is 9.15. The van der Waals surface area contributed by atoms with Crippen LogP contribution in [0.4, 0.5) is 21.5 Å². The second kappa shape index (κ2) is 5.27. The van der Waals surface area contributed by atoms with Gasteiger partial charge >= 0.3 is 0 Å². The summed E-state index contributed by atoms with van der Waals surface area (Å²) in [6, 6.07) is 11.3. The molecule has 0 aliphatic carbocycles. The molecule has 0 atom stereocenters. The fourth-order valence-corrected chi connectivity index (χ4v) is 1.64. The van der Waals surface area contributed by atoms with Gasteiger partial charge in [0.05, 0.1) is 29.7 Å². The van der Waals surface area contributed by atoms with Gasteiger partial charge in [-0.25, -0.2) is 4.39 Å². The minimum absolute atomic E-state index is 0.237. The van der Waals surface area contributed by atoms with Gasteiger partial charge in [-0.2, -0.15) is 5.26 Å². The van der Waals surface area contributed by atoms with Crippen LogP contribution in [0, 0.1) is 17.1 Å². The van der Waals surface area contributed by atoms with Crippen LogP contribution in [0.1, 0.15) is 5.56 Å². The monoisotopic (exact) mass is 257 g/mol. The average molecular weight is 257 g/mol. The summed E-state index contributed by atoms with van der Waals surface area (Å²) >= 11 is 0. The number of anilines is 3. The number of nitrogens with one attached hydrogen (secondary N) is 1. The van der Waals surface area contributed by atoms with E-state index >= 15 is 0 Å². The van der Waals surface area contributed by atoms with E-state index in [-0.39, 0.29) is 11.4 Å². The Labute approximate surface area is 110 Å². The van der Waals surface area contributed by atoms with E-state index in [4.69, 9.17) is 15.7 Å². The molecule has 0 amide bonds. The van der Waals surface area contributed by atoms with E-state index in [9.17, 15) is 4.39 Å². The number of methoxy groups -OCH3 is 1. The van der Waals surface area contributed by atoms with E-state index in [1.807, 2.05) is 6.07 Å². The van der Waals surface area contributed by atoms with E-state index in [2.05, 4.69) is 5.32 Å². The first-order valence-corrected chi connectivity index (χ1v) is 5.55. The number of hydrogen-bond acceptors (Lipinski definition) is 4. The van der Waals surface area contributed by atoms with Crippen molar-refractivity contribution in [3.05, 3.63) is 47.8 Å². The highest BCUT2D eigenvalue weighted by Gasteiger charge is 2.08. The number of halogens is 1. The van der Waals surface area contributed by atoms with Crippen molar-refractivity contribution in [2.45, 2.75) is 0 Å². The van der Waals surface area contributed by atoms with E-state index in [0.717, 1.165) is 0 Å². The standard InChI is InChI=1S/C14H12FN3O/c1-19-10-5-6-11(15)13(7-10)18-12-4-2-3-9(8-16)14(12)17/h2-7,18H,17H2,1H3. The fraction of sp³-hybridized carbons (Fsp3) is 0.0714. The van der Waals surface area contributed by atoms with Crippen LogP contribution in [0.25, 0.3) is 0 Å². The number of benzene rings is 2. The highest BCUT2D eigenvalue weighted by atomic mass is 19.1. The normalized spacial score (nSPS) is 9.74. The number of ether oxygens (including phenoxy) is 1. The van der Waals surface area contributed by atoms with Gasteiger partial charge in [-0.05, 0) is 24.3 Å². The quantitative estimate of drug-likeness (QED) is 0.829. The molecule has 0 radical (unpaired) electrons. The molecule has 0 unspecified atom stereocenters. The molecular formula is C14H12FN3O. The summed E-state index contributed by atoms with van der Waals surface area (Å²) in [6.45, 7) is 0. The first kappa shape index (κ1) is 12.7. The number of nitrogen functional groups attached to an aromatic ring is 1. The minimum atomic E-state index is -0.428. The first-order valence-electron chi connectivity index (χ1n) is 5.55. The topological polar surface area (TPSA) is 71.1 Å². The van der Waals surface area contributed by atoms with Crippen molar-refractivity contribution in [3.8, 4) is 11.8 Å². The van der Waals surface area contributed by atoms with Crippen LogP contribution in [-0.2, 0) is 0 Å². The van der Waals surface area contributed by atoms with Crippen LogP contribution < -0.4 is 15.8 Å². The third-order valence-corrected chi connectivity index (χ3v) is 2.67. The zero-order chi connectivity index (χ0) is 13.8. The van der Waals surface area contributed by atoms with Gasteiger partial charge in [0.25, 0.3) is 0 Å². The molecule has 0 heterocycles. The van der Waals surface area contributed by atoms with Crippen molar-refractivity contribution in [1.82, 2.24) is 0 Å². The lowest BCUT2D eigenvalue weighted by Gasteiger charge is -2.12. The number of nitrogens with zero attached hydrogens (tertiary/aromatic N) is 1. The van der Waals surface area contributed by atoms with Crippen LogP contribution in [0.3, 0.4) is 0 Å². The Balaban J connectivity index is 2.39. The second-order valence-electron chi connectivity index (χ2n) is 3.85. The lowest BCUT2D eigenvalue weighted by Crippen LogP contribution is -2.00. The average Bonchev–Trinajstić information content (AvgIpc) is 2.43. The number of nitriles is 1. The Bertz CT molecular complexity index is 650. The highest BCUT2D eigenvalue weighted by Crippen LogP contribution is 2.29. The Morgan fingerprint density at radius 3 is 2.74 bits per heavy atom. The van der Waals surface area contributed by atoms with E-state index in [1.54, 1.807) is 18.2 Å². The predicted molar refractivity (Wildman–Crippen MR) is 71.8 cm³/mol. The van der Waals surface area contributed by atoms with Crippen molar-refractivity contribution in [2.75, 3.05) is 18.2 Å². The van der Waals surface area contributed by atoms with Gasteiger partial charge in [-0.3, -0.25) is 0 Å². The second-order valence-corrected chi connectivity index (χ2v) is 3.85. The maximum absolute atomic E-state index is 13.7. The van der Waals surface area contributed by atoms with Crippen LogP contribution in [0.2, 0.25) is 0 Å². The fourth-order valence-electron chi connectivity index (χ4n) is 1.64. The number of hydrogen-bond donors (Lipinski definition) is 2. The molecule has 0 saturated carbocycles. The SMILES string of the molecule is COc1ccc(F)c(Nc2cccc(C#N)c2N)c1. The predicted octanol–water partition coefficient (Wildman–Crippen LogP) is 3.03. The molecule has 0 saturated heterocycles. The lowest BCUT2D eigenvalue weighted by atomic mass is 10.1. The summed E-state index contributed by atoms with van der Waals surface area (Å²) in [7, 11) is 1.50. The largest absolute Gasteiger partial charge is 0.497 e. The summed E-state index contributed by atoms with van der Waals surface area (Å²) in [5.74, 6) is 0.0986. The highest BCUT2D eigenvalue weighted by molar-refractivity contribution is 5.77. The molecule has 0 aromatic heterocycles. The third kappa shape index (κ3) is 2.58. The Hall–Kier alpha value is -2.74. The van der Waals surface area contributed by atoms with Crippen LogP contribution >= 0.6 is 0 Å². The van der Waals surface area contributed by atoms with E-state index < -0.39 is 5.82 Å². The summed E-state index contributed by atoms with van der Waals surface area (Å²) in [5.41, 5.74) is 7.16. The molecule has 3 N–H and O–H groups in total. The van der Waals surface area contributed by atoms with Crippen LogP contribution in [-0.4, -0.2) is 7.11 Å². The molecule has 2 aromatic carbocycles. The zero-order valence-electron chi connectivity index (χ0n) is 10.3. The maximum Gasteiger partial charge on any atom is 0.146 e. The molecule has 2 aromatic rings. The van der Waals surface area contributed by atoms with E-state index in [0.29, 0.717) is 17.0 Å². The number of rotatable bonds is 3. The molecular weight excluding hydrogens is 245 g/mol. The van der Waals surface area contributed by atoms with Gasteiger partial charge in [0.1, 0.15) is 17.6 Å². The molecule has 0 fully saturated rings. The summed E-state index contributed by atoms with van der Waals surface area (Å²) in [5, 5.41) is 11.8. The smallest absolute Gasteiger partial charge is 0.146 e. The van der Waals surface area contributed by atoms with Crippen LogP contribution in [0.5, 0.6) is 5.75 Å². The summed E-state index contributed by atoms with van der Waals surface area (Å²) in [4.78, 5) is 0. The molecule has 96 valence electrons. The number of nitrogens with two attached hydrogens (primary N) is 1. The third-order valence-electron chi connectivity index (χ3n) is 2.67. The Morgan fingerprint density at radius 2 is 2.05 bits per heavy atom. The van der Waals surface area contributed by atoms with Crippen molar-refractivity contribution < 1.29 is 9.13 Å². The molecule has 0 bridgehead atoms. The van der Waals surface area contributed by atoms with Gasteiger partial charge in [0, 0.05) is 6.07 Å². The molecule has 0 spiro atoms. The van der Waals surface area contributed by atoms with Crippen LogP contribution in [0.15, 0.2) is 36.4 Å². The molecule has 5 heteroatoms. The maximum atomic E-state index is 13.7. The van der Waals surface area contributed by atoms with E-state index in [1.165, 1.54) is 25.3 Å². The Morgan fingerprint density at radius 1 is 1.26 bits per heavy atom. The van der Waals surface area contributed by atoms with Crippen molar-refractivity contribution in [3.63, 3.8) is 0 Å². The Kier molecular flexibility index (Phi) is 3.53. The van der Waals surface area contributed by atoms with Crippen molar-refractivity contribution in [2.24, 2.45) is 0 Å². The summed E-state index contributed by atoms with van der Waals surface area (Å²) in [6.07, 6.45) is 0. The van der Waals surface area contributed by atoms with Gasteiger partial charge in [-0.1, -0.05) is 6.07 Å².